The highest BCUT2D eigenvalue weighted by atomic mass is 19.4. The number of hydrogen-bond acceptors (Lipinski definition) is 2. The molecule has 0 spiro atoms. The molecule has 3 aliphatic rings. The highest BCUT2D eigenvalue weighted by molar-refractivity contribution is 5.93. The van der Waals surface area contributed by atoms with Crippen LogP contribution in [0.25, 0.3) is 5.57 Å². The quantitative estimate of drug-likeness (QED) is 0.286. The van der Waals surface area contributed by atoms with Crippen LogP contribution in [0.15, 0.2) is 107 Å². The summed E-state index contributed by atoms with van der Waals surface area (Å²) in [4.78, 5) is 14.0. The van der Waals surface area contributed by atoms with Gasteiger partial charge in [0.15, 0.2) is 5.78 Å². The zero-order valence-corrected chi connectivity index (χ0v) is 17.8. The molecule has 1 aromatic rings. The van der Waals surface area contributed by atoms with Gasteiger partial charge in [-0.25, -0.2) is 0 Å². The standard InChI is InChI=1S/C27H22F3NO/c1-18(21-6-5-7-23(16-21)27(28,29)30)25(15-12-20-10-11-20)22-13-14-24-8-3-4-9-26(19(2)32)31(24)17-22/h3,5-7,9-17,20H,4H2,1-2H3/b15-12-,25-18-. The second-order valence-electron chi connectivity index (χ2n) is 7.84. The van der Waals surface area contributed by atoms with Gasteiger partial charge >= 0.3 is 6.18 Å². The Morgan fingerprint density at radius 2 is 1.97 bits per heavy atom. The number of carbonyl (C=O) groups is 1. The van der Waals surface area contributed by atoms with Gasteiger partial charge in [0.05, 0.1) is 17.0 Å². The van der Waals surface area contributed by atoms with Crippen LogP contribution in [0, 0.1) is 5.92 Å². The number of halogens is 3. The summed E-state index contributed by atoms with van der Waals surface area (Å²) in [5.74, 6) is 0.195. The van der Waals surface area contributed by atoms with Gasteiger partial charge in [-0.05, 0) is 59.9 Å². The van der Waals surface area contributed by atoms with E-state index in [1.54, 1.807) is 11.0 Å². The van der Waals surface area contributed by atoms with Gasteiger partial charge in [0, 0.05) is 19.0 Å². The molecule has 5 heteroatoms. The van der Waals surface area contributed by atoms with Gasteiger partial charge in [-0.3, -0.25) is 4.79 Å². The molecule has 0 saturated heterocycles. The number of carbonyl (C=O) groups excluding carboxylic acids is 1. The average molecular weight is 433 g/mol. The van der Waals surface area contributed by atoms with Crippen LogP contribution in [0.4, 0.5) is 13.2 Å². The summed E-state index contributed by atoms with van der Waals surface area (Å²) in [6, 6.07) is 5.35. The van der Waals surface area contributed by atoms with E-state index in [1.165, 1.54) is 19.1 Å². The zero-order chi connectivity index (χ0) is 22.9. The largest absolute Gasteiger partial charge is 0.416 e. The molecular weight excluding hydrogens is 411 g/mol. The smallest absolute Gasteiger partial charge is 0.307 e. The Balaban J connectivity index is 1.82. The normalized spacial score (nSPS) is 18.7. The van der Waals surface area contributed by atoms with Gasteiger partial charge in [-0.2, -0.15) is 13.2 Å². The lowest BCUT2D eigenvalue weighted by molar-refractivity contribution is -0.137. The molecule has 0 unspecified atom stereocenters. The average Bonchev–Trinajstić information content (AvgIpc) is 3.59. The molecule has 0 radical (unpaired) electrons. The predicted octanol–water partition coefficient (Wildman–Crippen LogP) is 6.89. The highest BCUT2D eigenvalue weighted by Crippen LogP contribution is 2.35. The van der Waals surface area contributed by atoms with E-state index in [-0.39, 0.29) is 11.7 Å². The lowest BCUT2D eigenvalue weighted by atomic mass is 9.92. The second-order valence-corrected chi connectivity index (χ2v) is 7.84. The van der Waals surface area contributed by atoms with Gasteiger partial charge in [-0.15, -0.1) is 0 Å². The van der Waals surface area contributed by atoms with E-state index in [1.807, 2.05) is 61.7 Å². The van der Waals surface area contributed by atoms with E-state index in [0.717, 1.165) is 28.5 Å². The number of allylic oxidation sites excluding steroid dienone is 11. The zero-order valence-electron chi connectivity index (χ0n) is 17.8. The molecule has 2 nitrogen and oxygen atoms in total. The van der Waals surface area contributed by atoms with E-state index in [0.29, 0.717) is 17.7 Å². The minimum Gasteiger partial charge on any atom is -0.307 e. The molecule has 1 aromatic carbocycles. The Morgan fingerprint density at radius 1 is 1.19 bits per heavy atom. The summed E-state index contributed by atoms with van der Waals surface area (Å²) in [5.41, 5.74) is 6.61. The van der Waals surface area contributed by atoms with Crippen molar-refractivity contribution in [3.05, 3.63) is 118 Å². The molecule has 0 fully saturated rings. The summed E-state index contributed by atoms with van der Waals surface area (Å²) in [7, 11) is 0. The van der Waals surface area contributed by atoms with E-state index in [4.69, 9.17) is 0 Å². The van der Waals surface area contributed by atoms with Gasteiger partial charge in [0.2, 0.25) is 0 Å². The number of benzene rings is 1. The summed E-state index contributed by atoms with van der Waals surface area (Å²) in [6.07, 6.45) is 13.6. The lowest BCUT2D eigenvalue weighted by Crippen LogP contribution is -2.22. The molecule has 4 rings (SSSR count). The Morgan fingerprint density at radius 3 is 2.66 bits per heavy atom. The first-order chi connectivity index (χ1) is 15.2. The number of Topliss-reactive ketones (excluding diaryl/α,β-unsaturated/α-hetero) is 1. The van der Waals surface area contributed by atoms with Crippen LogP contribution in [-0.2, 0) is 11.0 Å². The van der Waals surface area contributed by atoms with Crippen molar-refractivity contribution in [2.45, 2.75) is 26.4 Å². The highest BCUT2D eigenvalue weighted by Gasteiger charge is 2.30. The SMILES string of the molecule is CC(=O)C1=CCC=C=C2C=CC(C(/C=C\C3C=C3)=C(/C)c3cccc(C(F)(F)F)c3)=CN21. The van der Waals surface area contributed by atoms with Crippen molar-refractivity contribution in [1.29, 1.82) is 0 Å². The molecule has 0 saturated carbocycles. The second kappa shape index (κ2) is 8.52. The summed E-state index contributed by atoms with van der Waals surface area (Å²) in [5, 5.41) is 0. The van der Waals surface area contributed by atoms with Crippen molar-refractivity contribution < 1.29 is 18.0 Å². The number of hydrogen-bond donors (Lipinski definition) is 0. The first-order valence-electron chi connectivity index (χ1n) is 10.3. The van der Waals surface area contributed by atoms with E-state index in [2.05, 4.69) is 5.73 Å². The molecule has 32 heavy (non-hydrogen) atoms. The van der Waals surface area contributed by atoms with Crippen LogP contribution < -0.4 is 0 Å². The van der Waals surface area contributed by atoms with Gasteiger partial charge in [-0.1, -0.05) is 54.3 Å². The number of rotatable bonds is 5. The first-order valence-corrected chi connectivity index (χ1v) is 10.3. The maximum Gasteiger partial charge on any atom is 0.416 e. The predicted molar refractivity (Wildman–Crippen MR) is 120 cm³/mol. The third-order valence-corrected chi connectivity index (χ3v) is 5.49. The van der Waals surface area contributed by atoms with Gasteiger partial charge in [0.25, 0.3) is 0 Å². The summed E-state index contributed by atoms with van der Waals surface area (Å²) in [6.45, 7) is 3.34. The van der Waals surface area contributed by atoms with Crippen LogP contribution in [-0.4, -0.2) is 10.7 Å². The van der Waals surface area contributed by atoms with Crippen LogP contribution >= 0.6 is 0 Å². The van der Waals surface area contributed by atoms with Crippen LogP contribution in [0.1, 0.15) is 31.4 Å². The Hall–Kier alpha value is -3.56. The molecule has 162 valence electrons. The van der Waals surface area contributed by atoms with E-state index < -0.39 is 11.7 Å². The Bertz CT molecular complexity index is 1210. The van der Waals surface area contributed by atoms with Crippen molar-refractivity contribution in [2.24, 2.45) is 5.92 Å². The van der Waals surface area contributed by atoms with E-state index in [9.17, 15) is 18.0 Å². The topological polar surface area (TPSA) is 20.3 Å². The van der Waals surface area contributed by atoms with Crippen molar-refractivity contribution in [3.63, 3.8) is 0 Å². The number of nitrogens with zero attached hydrogens (tertiary/aromatic N) is 1. The number of alkyl halides is 3. The minimum absolute atomic E-state index is 0.0663. The fourth-order valence-corrected chi connectivity index (χ4v) is 3.64. The molecule has 2 heterocycles. The van der Waals surface area contributed by atoms with Crippen molar-refractivity contribution in [1.82, 2.24) is 4.90 Å². The number of fused-ring (bicyclic) bond motifs is 1. The fourth-order valence-electron chi connectivity index (χ4n) is 3.64. The summed E-state index contributed by atoms with van der Waals surface area (Å²) < 4.78 is 39.8. The first kappa shape index (κ1) is 21.7. The fraction of sp³-hybridized carbons (Fsp3) is 0.185. The third-order valence-electron chi connectivity index (χ3n) is 5.49. The molecule has 0 amide bonds. The third kappa shape index (κ3) is 4.68. The molecule has 0 N–H and O–H groups in total. The van der Waals surface area contributed by atoms with Crippen LogP contribution in [0.5, 0.6) is 0 Å². The maximum absolute atomic E-state index is 13.3. The van der Waals surface area contributed by atoms with Crippen LogP contribution in [0.3, 0.4) is 0 Å². The Kier molecular flexibility index (Phi) is 5.77. The van der Waals surface area contributed by atoms with Crippen molar-refractivity contribution >= 4 is 11.4 Å². The molecule has 0 atom stereocenters. The molecule has 2 aliphatic heterocycles. The van der Waals surface area contributed by atoms with Crippen LogP contribution in [0.2, 0.25) is 0 Å². The van der Waals surface area contributed by atoms with Gasteiger partial charge in [0.1, 0.15) is 0 Å². The molecule has 0 aromatic heterocycles. The molecule has 0 bridgehead atoms. The molecular formula is C27H22F3NO. The monoisotopic (exact) mass is 433 g/mol. The Labute approximate surface area is 185 Å². The summed E-state index contributed by atoms with van der Waals surface area (Å²) >= 11 is 0. The lowest BCUT2D eigenvalue weighted by Gasteiger charge is -2.26. The van der Waals surface area contributed by atoms with Gasteiger partial charge < -0.3 is 4.90 Å². The molecule has 1 aliphatic carbocycles. The maximum atomic E-state index is 13.3. The minimum atomic E-state index is -4.41. The van der Waals surface area contributed by atoms with Crippen molar-refractivity contribution in [2.75, 3.05) is 0 Å². The van der Waals surface area contributed by atoms with E-state index >= 15 is 0 Å². The van der Waals surface area contributed by atoms with Crippen molar-refractivity contribution in [3.8, 4) is 0 Å². The number of ketones is 1.